The van der Waals surface area contributed by atoms with E-state index in [1.807, 2.05) is 48.2 Å². The van der Waals surface area contributed by atoms with E-state index in [2.05, 4.69) is 5.32 Å². The first-order chi connectivity index (χ1) is 11.1. The first-order valence-electron chi connectivity index (χ1n) is 7.70. The molecule has 3 rings (SSSR count). The summed E-state index contributed by atoms with van der Waals surface area (Å²) in [7, 11) is 0. The molecule has 0 saturated carbocycles. The van der Waals surface area contributed by atoms with Crippen molar-refractivity contribution in [3.63, 3.8) is 0 Å². The van der Waals surface area contributed by atoms with Gasteiger partial charge in [0.15, 0.2) is 0 Å². The molecule has 120 valence electrons. The molecule has 1 heterocycles. The van der Waals surface area contributed by atoms with E-state index in [-0.39, 0.29) is 11.9 Å². The van der Waals surface area contributed by atoms with Crippen LogP contribution in [0.5, 0.6) is 0 Å². The van der Waals surface area contributed by atoms with Gasteiger partial charge in [0.2, 0.25) is 0 Å². The highest BCUT2D eigenvalue weighted by Gasteiger charge is 2.30. The second-order valence-electron chi connectivity index (χ2n) is 5.81. The van der Waals surface area contributed by atoms with Crippen LogP contribution in [0.3, 0.4) is 0 Å². The standard InChI is InChI=1S/C18H20ClN3O/c1-12-6-7-13(20)10-15(12)18(23)22-9-8-21-11-17(22)14-4-2-3-5-16(14)19/h2-7,10,17,21H,8-9,11,20H2,1H3. The van der Waals surface area contributed by atoms with E-state index in [1.165, 1.54) is 0 Å². The fourth-order valence-electron chi connectivity index (χ4n) is 3.00. The van der Waals surface area contributed by atoms with Crippen molar-refractivity contribution in [2.75, 3.05) is 25.4 Å². The maximum Gasteiger partial charge on any atom is 0.254 e. The van der Waals surface area contributed by atoms with Crippen molar-refractivity contribution in [2.24, 2.45) is 0 Å². The van der Waals surface area contributed by atoms with Crippen LogP contribution in [0, 0.1) is 6.92 Å². The molecule has 1 aliphatic rings. The summed E-state index contributed by atoms with van der Waals surface area (Å²) in [5.74, 6) is 0.00113. The number of anilines is 1. The van der Waals surface area contributed by atoms with Crippen molar-refractivity contribution in [1.82, 2.24) is 10.2 Å². The molecule has 4 nitrogen and oxygen atoms in total. The van der Waals surface area contributed by atoms with Crippen LogP contribution in [0.2, 0.25) is 5.02 Å². The number of carbonyl (C=O) groups excluding carboxylic acids is 1. The summed E-state index contributed by atoms with van der Waals surface area (Å²) in [5, 5.41) is 4.03. The van der Waals surface area contributed by atoms with Gasteiger partial charge in [-0.1, -0.05) is 35.9 Å². The zero-order valence-corrected chi connectivity index (χ0v) is 13.8. The largest absolute Gasteiger partial charge is 0.399 e. The van der Waals surface area contributed by atoms with Gasteiger partial charge in [-0.25, -0.2) is 0 Å². The summed E-state index contributed by atoms with van der Waals surface area (Å²) in [6.07, 6.45) is 0. The summed E-state index contributed by atoms with van der Waals surface area (Å²) < 4.78 is 0. The van der Waals surface area contributed by atoms with E-state index in [1.54, 1.807) is 6.07 Å². The van der Waals surface area contributed by atoms with Gasteiger partial charge in [-0.3, -0.25) is 4.79 Å². The third-order valence-electron chi connectivity index (χ3n) is 4.26. The fraction of sp³-hybridized carbons (Fsp3) is 0.278. The Bertz CT molecular complexity index is 732. The first kappa shape index (κ1) is 15.8. The van der Waals surface area contributed by atoms with Crippen LogP contribution < -0.4 is 11.1 Å². The Kier molecular flexibility index (Phi) is 4.55. The van der Waals surface area contributed by atoms with Gasteiger partial charge in [-0.2, -0.15) is 0 Å². The monoisotopic (exact) mass is 329 g/mol. The number of rotatable bonds is 2. The molecular formula is C18H20ClN3O. The van der Waals surface area contributed by atoms with E-state index in [0.717, 1.165) is 17.7 Å². The Labute approximate surface area is 141 Å². The molecule has 3 N–H and O–H groups in total. The minimum Gasteiger partial charge on any atom is -0.399 e. The van der Waals surface area contributed by atoms with Crippen molar-refractivity contribution in [2.45, 2.75) is 13.0 Å². The molecule has 1 atom stereocenters. The number of halogens is 1. The highest BCUT2D eigenvalue weighted by molar-refractivity contribution is 6.31. The van der Waals surface area contributed by atoms with Crippen molar-refractivity contribution in [1.29, 1.82) is 0 Å². The Morgan fingerprint density at radius 3 is 2.87 bits per heavy atom. The molecule has 0 aliphatic carbocycles. The lowest BCUT2D eigenvalue weighted by Crippen LogP contribution is -2.49. The Hall–Kier alpha value is -2.04. The number of piperazine rings is 1. The smallest absolute Gasteiger partial charge is 0.254 e. The molecule has 1 unspecified atom stereocenters. The molecule has 0 radical (unpaired) electrons. The third kappa shape index (κ3) is 3.19. The maximum atomic E-state index is 13.1. The average molecular weight is 330 g/mol. The predicted molar refractivity (Wildman–Crippen MR) is 93.7 cm³/mol. The van der Waals surface area contributed by atoms with Crippen LogP contribution in [0.4, 0.5) is 5.69 Å². The van der Waals surface area contributed by atoms with E-state index in [4.69, 9.17) is 17.3 Å². The fourth-order valence-corrected chi connectivity index (χ4v) is 3.26. The normalized spacial score (nSPS) is 18.0. The summed E-state index contributed by atoms with van der Waals surface area (Å²) >= 11 is 6.34. The number of nitrogen functional groups attached to an aromatic ring is 1. The number of nitrogens with one attached hydrogen (secondary N) is 1. The van der Waals surface area contributed by atoms with E-state index >= 15 is 0 Å². The van der Waals surface area contributed by atoms with Crippen molar-refractivity contribution >= 4 is 23.2 Å². The Balaban J connectivity index is 1.97. The molecule has 1 aliphatic heterocycles. The summed E-state index contributed by atoms with van der Waals surface area (Å²) in [6.45, 7) is 4.03. The quantitative estimate of drug-likeness (QED) is 0.833. The van der Waals surface area contributed by atoms with Crippen LogP contribution in [0.1, 0.15) is 27.5 Å². The second-order valence-corrected chi connectivity index (χ2v) is 6.22. The van der Waals surface area contributed by atoms with Crippen LogP contribution in [-0.4, -0.2) is 30.4 Å². The van der Waals surface area contributed by atoms with Crippen LogP contribution in [0.15, 0.2) is 42.5 Å². The lowest BCUT2D eigenvalue weighted by Gasteiger charge is -2.37. The van der Waals surface area contributed by atoms with Crippen molar-refractivity contribution in [3.05, 3.63) is 64.2 Å². The summed E-state index contributed by atoms with van der Waals surface area (Å²) in [4.78, 5) is 15.0. The third-order valence-corrected chi connectivity index (χ3v) is 4.60. The van der Waals surface area contributed by atoms with Gasteiger partial charge in [-0.05, 0) is 36.2 Å². The number of amides is 1. The number of carbonyl (C=O) groups is 1. The van der Waals surface area contributed by atoms with Gasteiger partial charge < -0.3 is 16.0 Å². The van der Waals surface area contributed by atoms with Gasteiger partial charge in [0, 0.05) is 35.9 Å². The van der Waals surface area contributed by atoms with Crippen LogP contribution >= 0.6 is 11.6 Å². The molecule has 1 fully saturated rings. The molecule has 1 amide bonds. The molecular weight excluding hydrogens is 310 g/mol. The van der Waals surface area contributed by atoms with Crippen LogP contribution in [0.25, 0.3) is 0 Å². The molecule has 0 bridgehead atoms. The van der Waals surface area contributed by atoms with E-state index < -0.39 is 0 Å². The lowest BCUT2D eigenvalue weighted by molar-refractivity contribution is 0.0634. The SMILES string of the molecule is Cc1ccc(N)cc1C(=O)N1CCNCC1c1ccccc1Cl. The number of aryl methyl sites for hydroxylation is 1. The van der Waals surface area contributed by atoms with Gasteiger partial charge >= 0.3 is 0 Å². The van der Waals surface area contributed by atoms with Gasteiger partial charge in [0.25, 0.3) is 5.91 Å². The molecule has 2 aromatic carbocycles. The number of benzene rings is 2. The minimum absolute atomic E-state index is 0.00113. The van der Waals surface area contributed by atoms with Gasteiger partial charge in [0.05, 0.1) is 6.04 Å². The van der Waals surface area contributed by atoms with E-state index in [9.17, 15) is 4.79 Å². The lowest BCUT2D eigenvalue weighted by atomic mass is 10.00. The summed E-state index contributed by atoms with van der Waals surface area (Å²) in [6, 6.07) is 13.1. The van der Waals surface area contributed by atoms with Crippen molar-refractivity contribution in [3.8, 4) is 0 Å². The highest BCUT2D eigenvalue weighted by Crippen LogP contribution is 2.30. The number of nitrogens with two attached hydrogens (primary N) is 1. The minimum atomic E-state index is -0.0780. The molecule has 0 spiro atoms. The number of hydrogen-bond donors (Lipinski definition) is 2. The molecule has 0 aromatic heterocycles. The molecule has 23 heavy (non-hydrogen) atoms. The Morgan fingerprint density at radius 1 is 1.30 bits per heavy atom. The maximum absolute atomic E-state index is 13.1. The highest BCUT2D eigenvalue weighted by atomic mass is 35.5. The Morgan fingerprint density at radius 2 is 2.09 bits per heavy atom. The predicted octanol–water partition coefficient (Wildman–Crippen LogP) is 3.02. The number of nitrogens with zero attached hydrogens (tertiary/aromatic N) is 1. The van der Waals surface area contributed by atoms with Gasteiger partial charge in [-0.15, -0.1) is 0 Å². The molecule has 2 aromatic rings. The average Bonchev–Trinajstić information content (AvgIpc) is 2.57. The molecule has 5 heteroatoms. The van der Waals surface area contributed by atoms with E-state index in [0.29, 0.717) is 29.4 Å². The first-order valence-corrected chi connectivity index (χ1v) is 8.08. The van der Waals surface area contributed by atoms with Gasteiger partial charge in [0.1, 0.15) is 0 Å². The summed E-state index contributed by atoms with van der Waals surface area (Å²) in [5.41, 5.74) is 9.02. The topological polar surface area (TPSA) is 58.4 Å². The molecule has 1 saturated heterocycles. The zero-order chi connectivity index (χ0) is 16.4. The van der Waals surface area contributed by atoms with Crippen LogP contribution in [-0.2, 0) is 0 Å². The second kappa shape index (κ2) is 6.60. The number of hydrogen-bond acceptors (Lipinski definition) is 3. The van der Waals surface area contributed by atoms with Crippen molar-refractivity contribution < 1.29 is 4.79 Å². The zero-order valence-electron chi connectivity index (χ0n) is 13.1.